The Kier molecular flexibility index (Phi) is 4.67. The summed E-state index contributed by atoms with van der Waals surface area (Å²) in [4.78, 5) is 0. The van der Waals surface area contributed by atoms with Crippen molar-refractivity contribution >= 4 is 12.4 Å². The van der Waals surface area contributed by atoms with Crippen LogP contribution in [0.15, 0.2) is 0 Å². The normalized spacial score (nSPS) is 15.5. The molecule has 1 aromatic rings. The van der Waals surface area contributed by atoms with Crippen molar-refractivity contribution in [2.45, 2.75) is 46.1 Å². The van der Waals surface area contributed by atoms with Crippen molar-refractivity contribution in [3.63, 3.8) is 0 Å². The van der Waals surface area contributed by atoms with Crippen LogP contribution in [0, 0.1) is 5.41 Å². The maximum absolute atomic E-state index is 6.10. The molecule has 0 aliphatic carbocycles. The van der Waals surface area contributed by atoms with E-state index in [4.69, 9.17) is 5.73 Å². The van der Waals surface area contributed by atoms with Crippen LogP contribution in [0.3, 0.4) is 0 Å². The minimum absolute atomic E-state index is 0. The first-order chi connectivity index (χ1) is 6.31. The number of nitrogens with zero attached hydrogens (tertiary/aromatic N) is 3. The Morgan fingerprint density at radius 2 is 1.80 bits per heavy atom. The zero-order valence-electron chi connectivity index (χ0n) is 9.74. The molecular formula is C9H20ClN5. The number of H-pyrrole nitrogens is 1. The Morgan fingerprint density at radius 3 is 2.20 bits per heavy atom. The lowest BCUT2D eigenvalue weighted by Crippen LogP contribution is -2.35. The van der Waals surface area contributed by atoms with Gasteiger partial charge in [-0.1, -0.05) is 26.0 Å². The van der Waals surface area contributed by atoms with Crippen molar-refractivity contribution in [2.75, 3.05) is 0 Å². The number of aromatic nitrogens is 4. The van der Waals surface area contributed by atoms with Gasteiger partial charge in [-0.3, -0.25) is 0 Å². The number of tetrazole rings is 1. The van der Waals surface area contributed by atoms with Crippen molar-refractivity contribution in [1.82, 2.24) is 20.6 Å². The molecule has 1 heterocycles. The number of hydrogen-bond acceptors (Lipinski definition) is 4. The average molecular weight is 234 g/mol. The zero-order chi connectivity index (χ0) is 10.8. The van der Waals surface area contributed by atoms with Gasteiger partial charge in [0.25, 0.3) is 0 Å². The molecule has 0 aromatic carbocycles. The molecule has 0 radical (unpaired) electrons. The van der Waals surface area contributed by atoms with Gasteiger partial charge in [0.05, 0.1) is 5.54 Å². The zero-order valence-corrected chi connectivity index (χ0v) is 10.6. The number of halogens is 1. The fourth-order valence-corrected chi connectivity index (χ4v) is 1.15. The van der Waals surface area contributed by atoms with Gasteiger partial charge in [0.1, 0.15) is 0 Å². The first-order valence-electron chi connectivity index (χ1n) is 4.84. The summed E-state index contributed by atoms with van der Waals surface area (Å²) in [6.07, 6.45) is 1.89. The molecule has 5 nitrogen and oxygen atoms in total. The predicted octanol–water partition coefficient (Wildman–Crippen LogP) is 1.62. The van der Waals surface area contributed by atoms with Crippen molar-refractivity contribution < 1.29 is 0 Å². The first-order valence-corrected chi connectivity index (χ1v) is 4.84. The maximum atomic E-state index is 6.10. The predicted molar refractivity (Wildman–Crippen MR) is 61.7 cm³/mol. The summed E-state index contributed by atoms with van der Waals surface area (Å²) in [5, 5.41) is 13.8. The van der Waals surface area contributed by atoms with Gasteiger partial charge in [0, 0.05) is 0 Å². The molecule has 0 aliphatic rings. The third-order valence-corrected chi connectivity index (χ3v) is 2.25. The van der Waals surface area contributed by atoms with Crippen LogP contribution < -0.4 is 5.73 Å². The van der Waals surface area contributed by atoms with Gasteiger partial charge in [0.2, 0.25) is 0 Å². The maximum Gasteiger partial charge on any atom is 0.194 e. The van der Waals surface area contributed by atoms with E-state index in [1.807, 2.05) is 6.92 Å². The average Bonchev–Trinajstić information content (AvgIpc) is 2.52. The lowest BCUT2D eigenvalue weighted by molar-refractivity contribution is 0.299. The van der Waals surface area contributed by atoms with Crippen LogP contribution in [0.4, 0.5) is 0 Å². The molecule has 3 N–H and O–H groups in total. The molecule has 0 bridgehead atoms. The summed E-state index contributed by atoms with van der Waals surface area (Å²) in [5.41, 5.74) is 5.90. The largest absolute Gasteiger partial charge is 0.319 e. The molecule has 15 heavy (non-hydrogen) atoms. The van der Waals surface area contributed by atoms with E-state index in [2.05, 4.69) is 41.4 Å². The van der Waals surface area contributed by atoms with Crippen LogP contribution in [-0.4, -0.2) is 20.6 Å². The number of nitrogens with two attached hydrogens (primary N) is 1. The van der Waals surface area contributed by atoms with E-state index in [9.17, 15) is 0 Å². The Bertz CT molecular complexity index is 275. The SMILES string of the molecule is CC(C)(C)CCC(C)(N)c1nn[nH]n1.Cl. The van der Waals surface area contributed by atoms with E-state index in [0.29, 0.717) is 5.82 Å². The standard InChI is InChI=1S/C9H19N5.ClH/c1-8(2,3)5-6-9(4,10)7-11-13-14-12-7;/h5-6,10H2,1-4H3,(H,11,12,13,14);1H. The van der Waals surface area contributed by atoms with Gasteiger partial charge in [0.15, 0.2) is 5.82 Å². The third kappa shape index (κ3) is 4.57. The molecule has 0 saturated carbocycles. The van der Waals surface area contributed by atoms with Crippen molar-refractivity contribution in [3.05, 3.63) is 5.82 Å². The second kappa shape index (κ2) is 4.90. The second-order valence-corrected chi connectivity index (χ2v) is 5.21. The van der Waals surface area contributed by atoms with Crippen molar-refractivity contribution in [2.24, 2.45) is 11.1 Å². The Balaban J connectivity index is 0.00000196. The minimum atomic E-state index is -0.486. The summed E-state index contributed by atoms with van der Waals surface area (Å²) < 4.78 is 0. The van der Waals surface area contributed by atoms with Crippen molar-refractivity contribution in [3.8, 4) is 0 Å². The highest BCUT2D eigenvalue weighted by atomic mass is 35.5. The second-order valence-electron chi connectivity index (χ2n) is 5.21. The molecule has 0 amide bonds. The van der Waals surface area contributed by atoms with Gasteiger partial charge in [-0.15, -0.1) is 22.6 Å². The van der Waals surface area contributed by atoms with Crippen LogP contribution in [0.5, 0.6) is 0 Å². The highest BCUT2D eigenvalue weighted by Gasteiger charge is 2.27. The number of aromatic amines is 1. The number of nitrogens with one attached hydrogen (secondary N) is 1. The number of rotatable bonds is 3. The monoisotopic (exact) mass is 233 g/mol. The third-order valence-electron chi connectivity index (χ3n) is 2.25. The van der Waals surface area contributed by atoms with E-state index in [1.54, 1.807) is 0 Å². The van der Waals surface area contributed by atoms with E-state index in [1.165, 1.54) is 0 Å². The smallest absolute Gasteiger partial charge is 0.194 e. The topological polar surface area (TPSA) is 80.5 Å². The van der Waals surface area contributed by atoms with Crippen LogP contribution >= 0.6 is 12.4 Å². The summed E-state index contributed by atoms with van der Waals surface area (Å²) in [7, 11) is 0. The van der Waals surface area contributed by atoms with Crippen LogP contribution in [-0.2, 0) is 5.54 Å². The molecule has 0 saturated heterocycles. The number of hydrogen-bond donors (Lipinski definition) is 2. The van der Waals surface area contributed by atoms with Gasteiger partial charge < -0.3 is 5.73 Å². The summed E-state index contributed by atoms with van der Waals surface area (Å²) in [6, 6.07) is 0. The van der Waals surface area contributed by atoms with E-state index >= 15 is 0 Å². The van der Waals surface area contributed by atoms with Gasteiger partial charge in [-0.05, 0) is 25.2 Å². The fourth-order valence-electron chi connectivity index (χ4n) is 1.15. The molecular weight excluding hydrogens is 214 g/mol. The van der Waals surface area contributed by atoms with Gasteiger partial charge in [-0.2, -0.15) is 5.21 Å². The first kappa shape index (κ1) is 14.3. The lowest BCUT2D eigenvalue weighted by atomic mass is 9.84. The molecule has 6 heteroatoms. The molecule has 1 unspecified atom stereocenters. The van der Waals surface area contributed by atoms with Crippen LogP contribution in [0.2, 0.25) is 0 Å². The highest BCUT2D eigenvalue weighted by molar-refractivity contribution is 5.85. The summed E-state index contributed by atoms with van der Waals surface area (Å²) >= 11 is 0. The van der Waals surface area contributed by atoms with Crippen LogP contribution in [0.25, 0.3) is 0 Å². The quantitative estimate of drug-likeness (QED) is 0.832. The molecule has 0 spiro atoms. The Morgan fingerprint density at radius 1 is 1.20 bits per heavy atom. The lowest BCUT2D eigenvalue weighted by Gasteiger charge is -2.25. The van der Waals surface area contributed by atoms with Crippen molar-refractivity contribution in [1.29, 1.82) is 0 Å². The van der Waals surface area contributed by atoms with E-state index in [0.717, 1.165) is 12.8 Å². The molecule has 0 fully saturated rings. The molecule has 1 rings (SSSR count). The summed E-state index contributed by atoms with van der Waals surface area (Å²) in [5.74, 6) is 0.585. The molecule has 0 aliphatic heterocycles. The minimum Gasteiger partial charge on any atom is -0.319 e. The molecule has 88 valence electrons. The van der Waals surface area contributed by atoms with E-state index in [-0.39, 0.29) is 17.8 Å². The highest BCUT2D eigenvalue weighted by Crippen LogP contribution is 2.27. The molecule has 1 aromatic heterocycles. The Labute approximate surface area is 96.6 Å². The van der Waals surface area contributed by atoms with Gasteiger partial charge in [-0.25, -0.2) is 0 Å². The summed E-state index contributed by atoms with van der Waals surface area (Å²) in [6.45, 7) is 8.52. The Hall–Kier alpha value is -0.680. The fraction of sp³-hybridized carbons (Fsp3) is 0.889. The van der Waals surface area contributed by atoms with Crippen LogP contribution in [0.1, 0.15) is 46.4 Å². The van der Waals surface area contributed by atoms with Gasteiger partial charge >= 0.3 is 0 Å². The van der Waals surface area contributed by atoms with E-state index < -0.39 is 5.54 Å². The molecule has 1 atom stereocenters.